The van der Waals surface area contributed by atoms with Crippen LogP contribution in [0.3, 0.4) is 0 Å². The average Bonchev–Trinajstić information content (AvgIpc) is 2.61. The zero-order valence-corrected chi connectivity index (χ0v) is 13.5. The van der Waals surface area contributed by atoms with E-state index >= 15 is 0 Å². The van der Waals surface area contributed by atoms with Crippen LogP contribution in [0.5, 0.6) is 11.5 Å². The Morgan fingerprint density at radius 1 is 0.833 bits per heavy atom. The fourth-order valence-electron chi connectivity index (χ4n) is 2.90. The third kappa shape index (κ3) is 2.91. The number of carboxylic acids is 1. The highest BCUT2D eigenvalue weighted by Gasteiger charge is 2.23. The first-order valence-corrected chi connectivity index (χ1v) is 7.57. The molecule has 1 N–H and O–H groups in total. The molecule has 0 aliphatic rings. The molecule has 0 bridgehead atoms. The van der Waals surface area contributed by atoms with Crippen LogP contribution in [0.1, 0.15) is 17.0 Å². The summed E-state index contributed by atoms with van der Waals surface area (Å²) in [5.74, 6) is -0.585. The Bertz CT molecular complexity index is 886. The second kappa shape index (κ2) is 6.62. The topological polar surface area (TPSA) is 55.8 Å². The van der Waals surface area contributed by atoms with Crippen LogP contribution < -0.4 is 9.47 Å². The number of ether oxygens (including phenoxy) is 2. The molecule has 0 heterocycles. The molecular formula is C20H18O4. The molecule has 1 unspecified atom stereocenters. The average molecular weight is 322 g/mol. The van der Waals surface area contributed by atoms with Crippen LogP contribution in [0, 0.1) is 0 Å². The minimum absolute atomic E-state index is 0.516. The van der Waals surface area contributed by atoms with Gasteiger partial charge >= 0.3 is 5.97 Å². The molecule has 0 aromatic heterocycles. The maximum absolute atomic E-state index is 11.9. The molecule has 0 amide bonds. The summed E-state index contributed by atoms with van der Waals surface area (Å²) >= 11 is 0. The van der Waals surface area contributed by atoms with Crippen molar-refractivity contribution in [1.82, 2.24) is 0 Å². The fourth-order valence-corrected chi connectivity index (χ4v) is 2.90. The summed E-state index contributed by atoms with van der Waals surface area (Å²) in [6, 6.07) is 18.8. The molecule has 0 radical (unpaired) electrons. The van der Waals surface area contributed by atoms with Crippen LogP contribution in [0.4, 0.5) is 0 Å². The van der Waals surface area contributed by atoms with E-state index in [9.17, 15) is 9.90 Å². The van der Waals surface area contributed by atoms with Crippen LogP contribution in [-0.2, 0) is 4.79 Å². The van der Waals surface area contributed by atoms with Gasteiger partial charge in [-0.2, -0.15) is 0 Å². The van der Waals surface area contributed by atoms with Gasteiger partial charge in [0.2, 0.25) is 0 Å². The first-order valence-electron chi connectivity index (χ1n) is 7.57. The van der Waals surface area contributed by atoms with Gasteiger partial charge < -0.3 is 14.6 Å². The van der Waals surface area contributed by atoms with E-state index in [0.29, 0.717) is 17.1 Å². The highest BCUT2D eigenvalue weighted by molar-refractivity contribution is 5.87. The lowest BCUT2D eigenvalue weighted by atomic mass is 9.90. The first-order chi connectivity index (χ1) is 11.6. The van der Waals surface area contributed by atoms with E-state index in [1.807, 2.05) is 42.5 Å². The molecule has 3 aromatic rings. The summed E-state index contributed by atoms with van der Waals surface area (Å²) in [6.45, 7) is 0. The van der Waals surface area contributed by atoms with E-state index in [1.54, 1.807) is 25.3 Å². The number of fused-ring (bicyclic) bond motifs is 1. The molecule has 24 heavy (non-hydrogen) atoms. The SMILES string of the molecule is COc1ccc(C(C(=O)O)c2ccc3ccccc3c2)cc1OC. The molecule has 122 valence electrons. The minimum atomic E-state index is -0.905. The number of hydrogen-bond donors (Lipinski definition) is 1. The standard InChI is InChI=1S/C20H18O4/c1-23-17-10-9-16(12-18(17)24-2)19(20(21)22)15-8-7-13-5-3-4-6-14(13)11-15/h3-12,19H,1-2H3,(H,21,22). The van der Waals surface area contributed by atoms with E-state index in [2.05, 4.69) is 0 Å². The van der Waals surface area contributed by atoms with Gasteiger partial charge in [0, 0.05) is 0 Å². The predicted molar refractivity (Wildman–Crippen MR) is 93.0 cm³/mol. The summed E-state index contributed by atoms with van der Waals surface area (Å²) in [5.41, 5.74) is 1.38. The first kappa shape index (κ1) is 15.9. The molecule has 0 aliphatic heterocycles. The molecule has 0 fully saturated rings. The second-order valence-corrected chi connectivity index (χ2v) is 5.49. The van der Waals surface area contributed by atoms with Crippen molar-refractivity contribution in [3.8, 4) is 11.5 Å². The number of benzene rings is 3. The van der Waals surface area contributed by atoms with Crippen molar-refractivity contribution >= 4 is 16.7 Å². The third-order valence-electron chi connectivity index (χ3n) is 4.09. The lowest BCUT2D eigenvalue weighted by molar-refractivity contribution is -0.137. The van der Waals surface area contributed by atoms with Gasteiger partial charge in [0.25, 0.3) is 0 Å². The van der Waals surface area contributed by atoms with Gasteiger partial charge in [-0.3, -0.25) is 4.79 Å². The molecule has 0 saturated carbocycles. The maximum Gasteiger partial charge on any atom is 0.315 e. The van der Waals surface area contributed by atoms with Gasteiger partial charge in [0.15, 0.2) is 11.5 Å². The predicted octanol–water partition coefficient (Wildman–Crippen LogP) is 4.07. The number of carbonyl (C=O) groups is 1. The van der Waals surface area contributed by atoms with Crippen LogP contribution in [-0.4, -0.2) is 25.3 Å². The zero-order chi connectivity index (χ0) is 17.1. The Labute approximate surface area is 140 Å². The Balaban J connectivity index is 2.10. The third-order valence-corrected chi connectivity index (χ3v) is 4.09. The zero-order valence-electron chi connectivity index (χ0n) is 13.5. The molecule has 1 atom stereocenters. The number of aliphatic carboxylic acids is 1. The molecule has 4 heteroatoms. The number of rotatable bonds is 5. The van der Waals surface area contributed by atoms with E-state index in [-0.39, 0.29) is 0 Å². The highest BCUT2D eigenvalue weighted by atomic mass is 16.5. The minimum Gasteiger partial charge on any atom is -0.493 e. The summed E-state index contributed by atoms with van der Waals surface area (Å²) in [7, 11) is 3.09. The molecule has 0 aliphatic carbocycles. The van der Waals surface area contributed by atoms with Crippen molar-refractivity contribution in [2.45, 2.75) is 5.92 Å². The quantitative estimate of drug-likeness (QED) is 0.769. The summed E-state index contributed by atoms with van der Waals surface area (Å²) in [4.78, 5) is 11.9. The molecule has 4 nitrogen and oxygen atoms in total. The molecule has 3 rings (SSSR count). The Kier molecular flexibility index (Phi) is 4.38. The summed E-state index contributed by atoms with van der Waals surface area (Å²) in [5, 5.41) is 11.9. The van der Waals surface area contributed by atoms with E-state index in [1.165, 1.54) is 7.11 Å². The van der Waals surface area contributed by atoms with E-state index in [4.69, 9.17) is 9.47 Å². The van der Waals surface area contributed by atoms with Gasteiger partial charge in [0.1, 0.15) is 5.92 Å². The largest absolute Gasteiger partial charge is 0.493 e. The van der Waals surface area contributed by atoms with Crippen molar-refractivity contribution in [2.75, 3.05) is 14.2 Å². The van der Waals surface area contributed by atoms with Crippen molar-refractivity contribution in [3.63, 3.8) is 0 Å². The van der Waals surface area contributed by atoms with Crippen molar-refractivity contribution in [1.29, 1.82) is 0 Å². The lowest BCUT2D eigenvalue weighted by Crippen LogP contribution is -2.13. The number of hydrogen-bond acceptors (Lipinski definition) is 3. The van der Waals surface area contributed by atoms with Gasteiger partial charge in [-0.15, -0.1) is 0 Å². The number of methoxy groups -OCH3 is 2. The van der Waals surface area contributed by atoms with Crippen LogP contribution in [0.15, 0.2) is 60.7 Å². The lowest BCUT2D eigenvalue weighted by Gasteiger charge is -2.16. The van der Waals surface area contributed by atoms with E-state index < -0.39 is 11.9 Å². The van der Waals surface area contributed by atoms with E-state index in [0.717, 1.165) is 16.3 Å². The van der Waals surface area contributed by atoms with Gasteiger partial charge in [-0.05, 0) is 40.1 Å². The fraction of sp³-hybridized carbons (Fsp3) is 0.150. The second-order valence-electron chi connectivity index (χ2n) is 5.49. The monoisotopic (exact) mass is 322 g/mol. The Morgan fingerprint density at radius 2 is 1.46 bits per heavy atom. The molecule has 3 aromatic carbocycles. The van der Waals surface area contributed by atoms with Crippen molar-refractivity contribution in [2.24, 2.45) is 0 Å². The normalized spacial score (nSPS) is 11.9. The van der Waals surface area contributed by atoms with Crippen LogP contribution in [0.2, 0.25) is 0 Å². The van der Waals surface area contributed by atoms with Gasteiger partial charge in [0.05, 0.1) is 14.2 Å². The van der Waals surface area contributed by atoms with Crippen LogP contribution >= 0.6 is 0 Å². The highest BCUT2D eigenvalue weighted by Crippen LogP contribution is 2.34. The smallest absolute Gasteiger partial charge is 0.315 e. The van der Waals surface area contributed by atoms with Gasteiger partial charge in [-0.25, -0.2) is 0 Å². The molecule has 0 spiro atoms. The maximum atomic E-state index is 11.9. The number of carboxylic acid groups (broad SMARTS) is 1. The Hall–Kier alpha value is -3.01. The molecule has 0 saturated heterocycles. The Morgan fingerprint density at radius 3 is 2.12 bits per heavy atom. The molecular weight excluding hydrogens is 304 g/mol. The van der Waals surface area contributed by atoms with Crippen molar-refractivity contribution < 1.29 is 19.4 Å². The summed E-state index contributed by atoms with van der Waals surface area (Å²) in [6.07, 6.45) is 0. The summed E-state index contributed by atoms with van der Waals surface area (Å²) < 4.78 is 10.5. The van der Waals surface area contributed by atoms with Gasteiger partial charge in [-0.1, -0.05) is 42.5 Å². The van der Waals surface area contributed by atoms with Crippen LogP contribution in [0.25, 0.3) is 10.8 Å². The van der Waals surface area contributed by atoms with Crippen molar-refractivity contribution in [3.05, 3.63) is 71.8 Å².